The van der Waals surface area contributed by atoms with E-state index < -0.39 is 0 Å². The predicted octanol–water partition coefficient (Wildman–Crippen LogP) is 0.646. The lowest BCUT2D eigenvalue weighted by atomic mass is 9.86. The van der Waals surface area contributed by atoms with E-state index in [1.54, 1.807) is 21.3 Å². The number of nitrogens with two attached hydrogens (primary N) is 1. The Hall–Kier alpha value is -0.620. The van der Waals surface area contributed by atoms with Crippen LogP contribution in [-0.2, 0) is 14.2 Å². The summed E-state index contributed by atoms with van der Waals surface area (Å²) < 4.78 is 16.9. The van der Waals surface area contributed by atoms with E-state index in [1.807, 2.05) is 0 Å². The van der Waals surface area contributed by atoms with Crippen molar-refractivity contribution < 1.29 is 14.2 Å². The predicted molar refractivity (Wildman–Crippen MR) is 73.8 cm³/mol. The molecule has 0 bridgehead atoms. The molecule has 1 aliphatic heterocycles. The van der Waals surface area contributed by atoms with Crippen molar-refractivity contribution in [1.82, 2.24) is 5.32 Å². The van der Waals surface area contributed by atoms with Gasteiger partial charge in [-0.15, -0.1) is 0 Å². The molecule has 1 fully saturated rings. The molecule has 0 radical (unpaired) electrons. The first-order valence-corrected chi connectivity index (χ1v) is 6.98. The molecule has 1 saturated carbocycles. The van der Waals surface area contributed by atoms with Crippen LogP contribution in [0.3, 0.4) is 0 Å². The Kier molecular flexibility index (Phi) is 5.21. The van der Waals surface area contributed by atoms with Gasteiger partial charge in [-0.2, -0.15) is 0 Å². The van der Waals surface area contributed by atoms with E-state index in [9.17, 15) is 0 Å². The van der Waals surface area contributed by atoms with Crippen LogP contribution in [0.5, 0.6) is 0 Å². The van der Waals surface area contributed by atoms with Crippen LogP contribution in [0.25, 0.3) is 0 Å². The van der Waals surface area contributed by atoms with Crippen LogP contribution in [-0.4, -0.2) is 52.2 Å². The van der Waals surface area contributed by atoms with E-state index in [4.69, 9.17) is 19.9 Å². The fourth-order valence-electron chi connectivity index (χ4n) is 3.46. The number of methoxy groups -OCH3 is 3. The highest BCUT2D eigenvalue weighted by Crippen LogP contribution is 2.37. The van der Waals surface area contributed by atoms with Crippen molar-refractivity contribution in [2.45, 2.75) is 43.6 Å². The Morgan fingerprint density at radius 3 is 2.32 bits per heavy atom. The Bertz CT molecular complexity index is 322. The van der Waals surface area contributed by atoms with Gasteiger partial charge in [-0.1, -0.05) is 0 Å². The summed E-state index contributed by atoms with van der Waals surface area (Å²) in [4.78, 5) is 0. The first kappa shape index (κ1) is 14.8. The highest BCUT2D eigenvalue weighted by Gasteiger charge is 2.43. The molecule has 0 saturated heterocycles. The summed E-state index contributed by atoms with van der Waals surface area (Å²) in [5, 5.41) is 3.47. The lowest BCUT2D eigenvalue weighted by Crippen LogP contribution is -2.36. The maximum atomic E-state index is 5.73. The van der Waals surface area contributed by atoms with Gasteiger partial charge in [0.1, 0.15) is 0 Å². The van der Waals surface area contributed by atoms with Gasteiger partial charge in [0.05, 0.1) is 18.3 Å². The van der Waals surface area contributed by atoms with Crippen molar-refractivity contribution in [2.75, 3.05) is 27.9 Å². The summed E-state index contributed by atoms with van der Waals surface area (Å²) in [6.07, 6.45) is 5.18. The lowest BCUT2D eigenvalue weighted by molar-refractivity contribution is -0.0562. The van der Waals surface area contributed by atoms with E-state index in [0.29, 0.717) is 18.5 Å². The molecule has 0 spiro atoms. The van der Waals surface area contributed by atoms with Crippen molar-refractivity contribution in [3.05, 3.63) is 11.8 Å². The molecule has 110 valence electrons. The smallest absolute Gasteiger partial charge is 0.0858 e. The van der Waals surface area contributed by atoms with Crippen LogP contribution in [0, 0.1) is 5.92 Å². The monoisotopic (exact) mass is 270 g/mol. The van der Waals surface area contributed by atoms with Gasteiger partial charge in [0.2, 0.25) is 0 Å². The fraction of sp³-hybridized carbons (Fsp3) is 0.857. The number of ether oxygens (including phenoxy) is 3. The second kappa shape index (κ2) is 6.70. The number of hydrogen-bond acceptors (Lipinski definition) is 5. The fourth-order valence-corrected chi connectivity index (χ4v) is 3.46. The van der Waals surface area contributed by atoms with E-state index in [0.717, 1.165) is 19.3 Å². The molecule has 1 heterocycles. The third kappa shape index (κ3) is 2.94. The van der Waals surface area contributed by atoms with Gasteiger partial charge in [-0.25, -0.2) is 0 Å². The van der Waals surface area contributed by atoms with Crippen LogP contribution < -0.4 is 11.1 Å². The second-order valence-corrected chi connectivity index (χ2v) is 5.35. The van der Waals surface area contributed by atoms with Crippen LogP contribution >= 0.6 is 0 Å². The average molecular weight is 270 g/mol. The third-order valence-corrected chi connectivity index (χ3v) is 4.45. The lowest BCUT2D eigenvalue weighted by Gasteiger charge is -2.27. The van der Waals surface area contributed by atoms with Crippen LogP contribution in [0.1, 0.15) is 19.3 Å². The summed E-state index contributed by atoms with van der Waals surface area (Å²) in [5.41, 5.74) is 7.07. The minimum atomic E-state index is 0.0847. The Balaban J connectivity index is 2.18. The third-order valence-electron chi connectivity index (χ3n) is 4.45. The molecule has 2 aliphatic rings. The van der Waals surface area contributed by atoms with Crippen LogP contribution in [0.15, 0.2) is 11.8 Å². The molecule has 5 atom stereocenters. The summed E-state index contributed by atoms with van der Waals surface area (Å²) in [5.74, 6) is 0.381. The summed E-state index contributed by atoms with van der Waals surface area (Å²) >= 11 is 0. The first-order chi connectivity index (χ1) is 9.24. The SMILES string of the molecule is COC1CC2NC=C(CCN)C2C(OC)CC1OC. The Labute approximate surface area is 115 Å². The Morgan fingerprint density at radius 2 is 1.74 bits per heavy atom. The highest BCUT2D eigenvalue weighted by molar-refractivity contribution is 5.20. The minimum absolute atomic E-state index is 0.0847. The maximum absolute atomic E-state index is 5.73. The molecular weight excluding hydrogens is 244 g/mol. The molecule has 0 aromatic heterocycles. The number of nitrogens with one attached hydrogen (secondary N) is 1. The number of hydrogen-bond donors (Lipinski definition) is 2. The van der Waals surface area contributed by atoms with E-state index in [1.165, 1.54) is 5.57 Å². The van der Waals surface area contributed by atoms with Gasteiger partial charge in [0.25, 0.3) is 0 Å². The van der Waals surface area contributed by atoms with Gasteiger partial charge in [-0.05, 0) is 31.2 Å². The maximum Gasteiger partial charge on any atom is 0.0858 e. The summed E-state index contributed by atoms with van der Waals surface area (Å²) in [6, 6.07) is 0.358. The van der Waals surface area contributed by atoms with Crippen molar-refractivity contribution in [1.29, 1.82) is 0 Å². The van der Waals surface area contributed by atoms with E-state index in [-0.39, 0.29) is 18.3 Å². The molecule has 5 nitrogen and oxygen atoms in total. The van der Waals surface area contributed by atoms with Gasteiger partial charge < -0.3 is 25.3 Å². The van der Waals surface area contributed by atoms with Gasteiger partial charge in [0, 0.05) is 39.7 Å². The largest absolute Gasteiger partial charge is 0.387 e. The molecule has 19 heavy (non-hydrogen) atoms. The van der Waals surface area contributed by atoms with Gasteiger partial charge in [0.15, 0.2) is 0 Å². The zero-order valence-corrected chi connectivity index (χ0v) is 12.1. The van der Waals surface area contributed by atoms with Crippen molar-refractivity contribution in [3.63, 3.8) is 0 Å². The van der Waals surface area contributed by atoms with Crippen molar-refractivity contribution in [3.8, 4) is 0 Å². The van der Waals surface area contributed by atoms with Crippen LogP contribution in [0.4, 0.5) is 0 Å². The van der Waals surface area contributed by atoms with E-state index in [2.05, 4.69) is 11.5 Å². The molecule has 3 N–H and O–H groups in total. The normalized spacial score (nSPS) is 38.3. The first-order valence-electron chi connectivity index (χ1n) is 6.98. The summed E-state index contributed by atoms with van der Waals surface area (Å²) in [7, 11) is 5.27. The Morgan fingerprint density at radius 1 is 1.11 bits per heavy atom. The standard InChI is InChI=1S/C14H26N2O3/c1-17-11-6-10-14(9(4-5-15)8-16-10)13(19-3)7-12(11)18-2/h8,10-14,16H,4-7,15H2,1-3H3. The second-order valence-electron chi connectivity index (χ2n) is 5.35. The molecule has 0 aromatic carbocycles. The minimum Gasteiger partial charge on any atom is -0.387 e. The van der Waals surface area contributed by atoms with Crippen LogP contribution in [0.2, 0.25) is 0 Å². The molecule has 5 heteroatoms. The van der Waals surface area contributed by atoms with E-state index >= 15 is 0 Å². The highest BCUT2D eigenvalue weighted by atomic mass is 16.5. The zero-order chi connectivity index (χ0) is 13.8. The van der Waals surface area contributed by atoms with Crippen molar-refractivity contribution in [2.24, 2.45) is 11.7 Å². The number of rotatable bonds is 5. The molecule has 5 unspecified atom stereocenters. The topological polar surface area (TPSA) is 65.7 Å². The molecule has 0 amide bonds. The quantitative estimate of drug-likeness (QED) is 0.768. The zero-order valence-electron chi connectivity index (χ0n) is 12.1. The molecule has 1 aliphatic carbocycles. The van der Waals surface area contributed by atoms with Gasteiger partial charge >= 0.3 is 0 Å². The van der Waals surface area contributed by atoms with Crippen molar-refractivity contribution >= 4 is 0 Å². The molecular formula is C14H26N2O3. The summed E-state index contributed by atoms with van der Waals surface area (Å²) in [6.45, 7) is 0.675. The average Bonchev–Trinajstić information content (AvgIpc) is 2.74. The number of fused-ring (bicyclic) bond motifs is 1. The molecule has 2 rings (SSSR count). The van der Waals surface area contributed by atoms with Gasteiger partial charge in [-0.3, -0.25) is 0 Å². The molecule has 0 aromatic rings.